The van der Waals surface area contributed by atoms with Crippen LogP contribution in [0.3, 0.4) is 0 Å². The minimum Gasteiger partial charge on any atom is -0.328 e. The normalized spacial score (nSPS) is 11.0. The van der Waals surface area contributed by atoms with Gasteiger partial charge in [0, 0.05) is 18.9 Å². The number of imidazole rings is 1. The fourth-order valence-electron chi connectivity index (χ4n) is 2.50. The smallest absolute Gasteiger partial charge is 0.156 e. The third kappa shape index (κ3) is 2.49. The monoisotopic (exact) mass is 299 g/mol. The Kier molecular flexibility index (Phi) is 3.84. The Labute approximate surface area is 129 Å². The molecule has 0 amide bonds. The zero-order chi connectivity index (χ0) is 14.8. The maximum absolute atomic E-state index is 6.14. The molecule has 0 atom stereocenters. The number of benzene rings is 1. The van der Waals surface area contributed by atoms with Crippen LogP contribution in [0.15, 0.2) is 48.7 Å². The van der Waals surface area contributed by atoms with Gasteiger partial charge in [-0.2, -0.15) is 0 Å². The van der Waals surface area contributed by atoms with Gasteiger partial charge in [-0.15, -0.1) is 11.6 Å². The van der Waals surface area contributed by atoms with E-state index in [0.717, 1.165) is 29.3 Å². The maximum Gasteiger partial charge on any atom is 0.156 e. The van der Waals surface area contributed by atoms with Gasteiger partial charge >= 0.3 is 0 Å². The topological polar surface area (TPSA) is 20.5 Å². The number of nitrogens with zero attached hydrogens (tertiary/aromatic N) is 3. The van der Waals surface area contributed by atoms with Crippen molar-refractivity contribution in [3.05, 3.63) is 59.9 Å². The Hall–Kier alpha value is -2.00. The van der Waals surface area contributed by atoms with E-state index in [2.05, 4.69) is 36.1 Å². The highest BCUT2D eigenvalue weighted by atomic mass is 35.5. The summed E-state index contributed by atoms with van der Waals surface area (Å²) in [6, 6.07) is 14.5. The Balaban J connectivity index is 2.05. The molecule has 0 bridgehead atoms. The number of hydrogen-bond donors (Lipinski definition) is 0. The molecule has 3 nitrogen and oxygen atoms in total. The van der Waals surface area contributed by atoms with Gasteiger partial charge in [0.1, 0.15) is 5.65 Å². The molecule has 0 aliphatic carbocycles. The van der Waals surface area contributed by atoms with Crippen LogP contribution < -0.4 is 4.90 Å². The van der Waals surface area contributed by atoms with Gasteiger partial charge in [-0.1, -0.05) is 25.1 Å². The summed E-state index contributed by atoms with van der Waals surface area (Å²) in [5.74, 6) is 1.33. The molecule has 21 heavy (non-hydrogen) atoms. The third-order valence-corrected chi connectivity index (χ3v) is 4.04. The quantitative estimate of drug-likeness (QED) is 0.665. The molecule has 3 rings (SSSR count). The number of halogens is 1. The number of rotatable bonds is 4. The van der Waals surface area contributed by atoms with Gasteiger partial charge in [0.25, 0.3) is 0 Å². The van der Waals surface area contributed by atoms with E-state index in [0.29, 0.717) is 5.88 Å². The summed E-state index contributed by atoms with van der Waals surface area (Å²) in [5.41, 5.74) is 4.37. The minimum absolute atomic E-state index is 0.428. The molecule has 0 radical (unpaired) electrons. The number of anilines is 2. The molecular weight excluding hydrogens is 282 g/mol. The standard InChI is InChI=1S/C17H18ClN3/c1-3-13-7-9-14(10-8-13)20(2)17-15(12-18)21-11-5-4-6-16(21)19-17/h4-11H,3,12H2,1-2H3. The second kappa shape index (κ2) is 5.78. The zero-order valence-electron chi connectivity index (χ0n) is 12.3. The van der Waals surface area contributed by atoms with Crippen molar-refractivity contribution < 1.29 is 0 Å². The molecule has 0 saturated heterocycles. The van der Waals surface area contributed by atoms with Crippen LogP contribution >= 0.6 is 11.6 Å². The van der Waals surface area contributed by atoms with Gasteiger partial charge in [0.2, 0.25) is 0 Å². The lowest BCUT2D eigenvalue weighted by Crippen LogP contribution is -2.12. The van der Waals surface area contributed by atoms with Crippen LogP contribution in [0.25, 0.3) is 5.65 Å². The SMILES string of the molecule is CCc1ccc(N(C)c2nc3ccccn3c2CCl)cc1. The lowest BCUT2D eigenvalue weighted by atomic mass is 10.1. The Bertz CT molecular complexity index is 746. The fraction of sp³-hybridized carbons (Fsp3) is 0.235. The molecule has 0 aliphatic heterocycles. The van der Waals surface area contributed by atoms with E-state index in [1.54, 1.807) is 0 Å². The molecule has 2 heterocycles. The Morgan fingerprint density at radius 3 is 2.57 bits per heavy atom. The molecule has 4 heteroatoms. The van der Waals surface area contributed by atoms with Crippen LogP contribution in [-0.2, 0) is 12.3 Å². The third-order valence-electron chi connectivity index (χ3n) is 3.78. The summed E-state index contributed by atoms with van der Waals surface area (Å²) in [6.45, 7) is 2.16. The van der Waals surface area contributed by atoms with Crippen molar-refractivity contribution in [1.29, 1.82) is 0 Å². The Morgan fingerprint density at radius 2 is 1.90 bits per heavy atom. The predicted octanol–water partition coefficient (Wildman–Crippen LogP) is 4.40. The highest BCUT2D eigenvalue weighted by Gasteiger charge is 2.15. The summed E-state index contributed by atoms with van der Waals surface area (Å²) < 4.78 is 2.04. The summed E-state index contributed by atoms with van der Waals surface area (Å²) in [4.78, 5) is 6.79. The van der Waals surface area contributed by atoms with Crippen molar-refractivity contribution in [2.24, 2.45) is 0 Å². The van der Waals surface area contributed by atoms with Crippen molar-refractivity contribution in [3.63, 3.8) is 0 Å². The molecule has 0 unspecified atom stereocenters. The summed E-state index contributed by atoms with van der Waals surface area (Å²) in [7, 11) is 2.03. The van der Waals surface area contributed by atoms with Crippen molar-refractivity contribution in [2.75, 3.05) is 11.9 Å². The summed E-state index contributed by atoms with van der Waals surface area (Å²) in [6.07, 6.45) is 3.04. The van der Waals surface area contributed by atoms with E-state index < -0.39 is 0 Å². The van der Waals surface area contributed by atoms with Crippen molar-refractivity contribution in [3.8, 4) is 0 Å². The van der Waals surface area contributed by atoms with Gasteiger partial charge < -0.3 is 9.30 Å². The number of aryl methyl sites for hydroxylation is 1. The molecule has 0 spiro atoms. The van der Waals surface area contributed by atoms with Crippen molar-refractivity contribution >= 4 is 28.8 Å². The van der Waals surface area contributed by atoms with Gasteiger partial charge in [-0.3, -0.25) is 0 Å². The average molecular weight is 300 g/mol. The summed E-state index contributed by atoms with van der Waals surface area (Å²) in [5, 5.41) is 0. The van der Waals surface area contributed by atoms with Gasteiger partial charge in [-0.25, -0.2) is 4.98 Å². The van der Waals surface area contributed by atoms with Crippen molar-refractivity contribution in [2.45, 2.75) is 19.2 Å². The maximum atomic E-state index is 6.14. The second-order valence-electron chi connectivity index (χ2n) is 5.02. The first-order valence-electron chi connectivity index (χ1n) is 7.09. The van der Waals surface area contributed by atoms with Crippen LogP contribution in [0.5, 0.6) is 0 Å². The van der Waals surface area contributed by atoms with Crippen molar-refractivity contribution in [1.82, 2.24) is 9.38 Å². The number of fused-ring (bicyclic) bond motifs is 1. The average Bonchev–Trinajstić information content (AvgIpc) is 2.92. The first kappa shape index (κ1) is 14.0. The van der Waals surface area contributed by atoms with Crippen LogP contribution in [-0.4, -0.2) is 16.4 Å². The van der Waals surface area contributed by atoms with E-state index in [4.69, 9.17) is 16.6 Å². The van der Waals surface area contributed by atoms with Gasteiger partial charge in [0.15, 0.2) is 5.82 Å². The molecule has 2 aromatic heterocycles. The van der Waals surface area contributed by atoms with Gasteiger partial charge in [-0.05, 0) is 36.2 Å². The molecule has 0 saturated carbocycles. The van der Waals surface area contributed by atoms with Crippen LogP contribution in [0, 0.1) is 0 Å². The number of aromatic nitrogens is 2. The summed E-state index contributed by atoms with van der Waals surface area (Å²) >= 11 is 6.14. The number of alkyl halides is 1. The zero-order valence-corrected chi connectivity index (χ0v) is 13.0. The van der Waals surface area contributed by atoms with E-state index >= 15 is 0 Å². The van der Waals surface area contributed by atoms with Crippen LogP contribution in [0.1, 0.15) is 18.2 Å². The first-order valence-corrected chi connectivity index (χ1v) is 7.62. The number of hydrogen-bond acceptors (Lipinski definition) is 2. The van der Waals surface area contributed by atoms with E-state index in [-0.39, 0.29) is 0 Å². The molecule has 0 fully saturated rings. The second-order valence-corrected chi connectivity index (χ2v) is 5.29. The lowest BCUT2D eigenvalue weighted by molar-refractivity contribution is 1.06. The largest absolute Gasteiger partial charge is 0.328 e. The highest BCUT2D eigenvalue weighted by Crippen LogP contribution is 2.28. The van der Waals surface area contributed by atoms with E-state index in [1.807, 2.05) is 35.8 Å². The fourth-order valence-corrected chi connectivity index (χ4v) is 2.75. The molecule has 0 aliphatic rings. The number of pyridine rings is 1. The van der Waals surface area contributed by atoms with Crippen LogP contribution in [0.2, 0.25) is 0 Å². The van der Waals surface area contributed by atoms with E-state index in [9.17, 15) is 0 Å². The Morgan fingerprint density at radius 1 is 1.14 bits per heavy atom. The van der Waals surface area contributed by atoms with E-state index in [1.165, 1.54) is 5.56 Å². The molecule has 3 aromatic rings. The van der Waals surface area contributed by atoms with Gasteiger partial charge in [0.05, 0.1) is 11.6 Å². The molecule has 108 valence electrons. The van der Waals surface area contributed by atoms with Crippen LogP contribution in [0.4, 0.5) is 11.5 Å². The lowest BCUT2D eigenvalue weighted by Gasteiger charge is -2.18. The molecule has 1 aromatic carbocycles. The highest BCUT2D eigenvalue weighted by molar-refractivity contribution is 6.17. The first-order chi connectivity index (χ1) is 10.2. The molecule has 0 N–H and O–H groups in total. The predicted molar refractivity (Wildman–Crippen MR) is 88.6 cm³/mol. The minimum atomic E-state index is 0.428. The molecular formula is C17H18ClN3.